The van der Waals surface area contributed by atoms with Crippen molar-refractivity contribution in [3.05, 3.63) is 0 Å². The number of likely N-dealkylation sites (tertiary alicyclic amines) is 1. The minimum atomic E-state index is -0.885. The van der Waals surface area contributed by atoms with Crippen LogP contribution in [-0.4, -0.2) is 39.9 Å². The Kier molecular flexibility index (Phi) is 2.34. The number of nitrogens with zero attached hydrogens (tertiary/aromatic N) is 1. The van der Waals surface area contributed by atoms with E-state index >= 15 is 0 Å². The van der Waals surface area contributed by atoms with Gasteiger partial charge >= 0.3 is 6.09 Å². The lowest BCUT2D eigenvalue weighted by Gasteiger charge is -2.33. The highest BCUT2D eigenvalue weighted by Gasteiger charge is 2.26. The molecule has 64 valence electrons. The van der Waals surface area contributed by atoms with E-state index < -0.39 is 6.09 Å². The van der Waals surface area contributed by atoms with E-state index in [4.69, 9.17) is 10.2 Å². The molecule has 4 nitrogen and oxygen atoms in total. The van der Waals surface area contributed by atoms with Crippen LogP contribution in [-0.2, 0) is 0 Å². The first-order valence-electron chi connectivity index (χ1n) is 3.79. The molecule has 1 saturated heterocycles. The van der Waals surface area contributed by atoms with Gasteiger partial charge in [0.1, 0.15) is 0 Å². The maximum Gasteiger partial charge on any atom is 0.407 e. The molecule has 1 fully saturated rings. The molecule has 0 aromatic rings. The van der Waals surface area contributed by atoms with Crippen LogP contribution in [0.5, 0.6) is 0 Å². The third-order valence-corrected chi connectivity index (χ3v) is 2.09. The van der Waals surface area contributed by atoms with E-state index in [-0.39, 0.29) is 12.1 Å². The van der Waals surface area contributed by atoms with Gasteiger partial charge < -0.3 is 15.1 Å². The zero-order valence-corrected chi connectivity index (χ0v) is 6.53. The Labute approximate surface area is 65.4 Å². The van der Waals surface area contributed by atoms with Gasteiger partial charge in [-0.05, 0) is 19.8 Å². The number of carbonyl (C=O) groups is 1. The quantitative estimate of drug-likeness (QED) is 0.541. The van der Waals surface area contributed by atoms with Gasteiger partial charge in [-0.15, -0.1) is 0 Å². The second-order valence-electron chi connectivity index (χ2n) is 3.00. The van der Waals surface area contributed by atoms with Crippen molar-refractivity contribution in [3.8, 4) is 0 Å². The first kappa shape index (κ1) is 8.33. The highest BCUT2D eigenvalue weighted by Crippen LogP contribution is 2.16. The first-order chi connectivity index (χ1) is 5.11. The average molecular weight is 159 g/mol. The van der Waals surface area contributed by atoms with Gasteiger partial charge in [0.15, 0.2) is 0 Å². The van der Waals surface area contributed by atoms with Crippen LogP contribution in [0.2, 0.25) is 0 Å². The van der Waals surface area contributed by atoms with E-state index in [0.29, 0.717) is 19.4 Å². The zero-order chi connectivity index (χ0) is 8.43. The van der Waals surface area contributed by atoms with E-state index in [1.54, 1.807) is 0 Å². The minimum absolute atomic E-state index is 0.0451. The van der Waals surface area contributed by atoms with Crippen LogP contribution in [0.3, 0.4) is 0 Å². The predicted octanol–water partition coefficient (Wildman–Crippen LogP) is 0.510. The number of hydrogen-bond acceptors (Lipinski definition) is 2. The first-order valence-corrected chi connectivity index (χ1v) is 3.79. The van der Waals surface area contributed by atoms with Crippen LogP contribution in [0.1, 0.15) is 19.8 Å². The lowest BCUT2D eigenvalue weighted by atomic mass is 10.0. The molecule has 1 rings (SSSR count). The Hall–Kier alpha value is -0.770. The van der Waals surface area contributed by atoms with Gasteiger partial charge in [0.25, 0.3) is 0 Å². The molecule has 0 bridgehead atoms. The number of rotatable bonds is 0. The number of amides is 1. The summed E-state index contributed by atoms with van der Waals surface area (Å²) in [4.78, 5) is 11.9. The van der Waals surface area contributed by atoms with E-state index in [1.807, 2.05) is 6.92 Å². The molecule has 1 aliphatic rings. The van der Waals surface area contributed by atoms with E-state index in [9.17, 15) is 4.79 Å². The molecule has 1 unspecified atom stereocenters. The molecule has 0 saturated carbocycles. The van der Waals surface area contributed by atoms with Crippen molar-refractivity contribution in [1.82, 2.24) is 4.90 Å². The number of aliphatic hydroxyl groups is 1. The van der Waals surface area contributed by atoms with Gasteiger partial charge in [-0.3, -0.25) is 0 Å². The smallest absolute Gasteiger partial charge is 0.407 e. The fourth-order valence-corrected chi connectivity index (χ4v) is 1.43. The largest absolute Gasteiger partial charge is 0.465 e. The van der Waals surface area contributed by atoms with Gasteiger partial charge in [-0.2, -0.15) is 0 Å². The van der Waals surface area contributed by atoms with Gasteiger partial charge in [0.05, 0.1) is 6.10 Å². The van der Waals surface area contributed by atoms with E-state index in [0.717, 1.165) is 0 Å². The number of aliphatic hydroxyl groups excluding tert-OH is 1. The number of piperidine rings is 1. The van der Waals surface area contributed by atoms with Crippen LogP contribution in [0.25, 0.3) is 0 Å². The Morgan fingerprint density at radius 3 is 2.73 bits per heavy atom. The molecule has 0 radical (unpaired) electrons. The van der Waals surface area contributed by atoms with Gasteiger partial charge in [0, 0.05) is 12.6 Å². The van der Waals surface area contributed by atoms with Crippen LogP contribution >= 0.6 is 0 Å². The van der Waals surface area contributed by atoms with Crippen molar-refractivity contribution in [2.24, 2.45) is 0 Å². The highest BCUT2D eigenvalue weighted by atomic mass is 16.4. The van der Waals surface area contributed by atoms with Crippen LogP contribution in [0.15, 0.2) is 0 Å². The SMILES string of the molecule is CC1C[C@@H](O)CCN1C(=O)O. The molecular weight excluding hydrogens is 146 g/mol. The summed E-state index contributed by atoms with van der Waals surface area (Å²) in [6.07, 6.45) is -0.0758. The molecule has 2 atom stereocenters. The second-order valence-corrected chi connectivity index (χ2v) is 3.00. The molecule has 2 N–H and O–H groups in total. The van der Waals surface area contributed by atoms with Crippen molar-refractivity contribution in [2.45, 2.75) is 31.9 Å². The normalized spacial score (nSPS) is 32.0. The molecule has 1 heterocycles. The number of carboxylic acid groups (broad SMARTS) is 1. The summed E-state index contributed by atoms with van der Waals surface area (Å²) >= 11 is 0. The summed E-state index contributed by atoms with van der Waals surface area (Å²) in [5, 5.41) is 17.8. The fourth-order valence-electron chi connectivity index (χ4n) is 1.43. The average Bonchev–Trinajstić information content (AvgIpc) is 1.85. The lowest BCUT2D eigenvalue weighted by molar-refractivity contribution is 0.0488. The highest BCUT2D eigenvalue weighted by molar-refractivity contribution is 5.65. The molecule has 0 spiro atoms. The van der Waals surface area contributed by atoms with Crippen molar-refractivity contribution >= 4 is 6.09 Å². The number of hydrogen-bond donors (Lipinski definition) is 2. The van der Waals surface area contributed by atoms with Crippen molar-refractivity contribution in [1.29, 1.82) is 0 Å². The molecule has 11 heavy (non-hydrogen) atoms. The fraction of sp³-hybridized carbons (Fsp3) is 0.857. The van der Waals surface area contributed by atoms with Gasteiger partial charge in [0.2, 0.25) is 0 Å². The summed E-state index contributed by atoms with van der Waals surface area (Å²) in [5.74, 6) is 0. The summed E-state index contributed by atoms with van der Waals surface area (Å²) < 4.78 is 0. The summed E-state index contributed by atoms with van der Waals surface area (Å²) in [6, 6.07) is -0.0451. The maximum atomic E-state index is 10.5. The van der Waals surface area contributed by atoms with E-state index in [1.165, 1.54) is 4.90 Å². The standard InChI is InChI=1S/C7H13NO3/c1-5-4-6(9)2-3-8(5)7(10)11/h5-6,9H,2-4H2,1H3,(H,10,11)/t5?,6-/m0/s1. The summed E-state index contributed by atoms with van der Waals surface area (Å²) in [6.45, 7) is 2.27. The van der Waals surface area contributed by atoms with Crippen molar-refractivity contribution in [3.63, 3.8) is 0 Å². The Bertz CT molecular complexity index is 160. The molecule has 0 aliphatic carbocycles. The molecule has 0 aromatic carbocycles. The Balaban J connectivity index is 2.50. The third kappa shape index (κ3) is 1.83. The topological polar surface area (TPSA) is 60.8 Å². The lowest BCUT2D eigenvalue weighted by Crippen LogP contribution is -2.45. The molecule has 4 heteroatoms. The maximum absolute atomic E-state index is 10.5. The minimum Gasteiger partial charge on any atom is -0.465 e. The molecule has 1 aliphatic heterocycles. The Morgan fingerprint density at radius 2 is 2.27 bits per heavy atom. The molecular formula is C7H13NO3. The zero-order valence-electron chi connectivity index (χ0n) is 6.53. The molecule has 1 amide bonds. The van der Waals surface area contributed by atoms with Crippen LogP contribution in [0.4, 0.5) is 4.79 Å². The van der Waals surface area contributed by atoms with Crippen LogP contribution < -0.4 is 0 Å². The van der Waals surface area contributed by atoms with Crippen molar-refractivity contribution < 1.29 is 15.0 Å². The monoisotopic (exact) mass is 159 g/mol. The van der Waals surface area contributed by atoms with Gasteiger partial charge in [-0.25, -0.2) is 4.79 Å². The third-order valence-electron chi connectivity index (χ3n) is 2.09. The summed E-state index contributed by atoms with van der Waals surface area (Å²) in [7, 11) is 0. The predicted molar refractivity (Wildman–Crippen MR) is 39.4 cm³/mol. The van der Waals surface area contributed by atoms with E-state index in [2.05, 4.69) is 0 Å². The second kappa shape index (κ2) is 3.09. The van der Waals surface area contributed by atoms with Gasteiger partial charge in [-0.1, -0.05) is 0 Å². The van der Waals surface area contributed by atoms with Crippen molar-refractivity contribution in [2.75, 3.05) is 6.54 Å². The molecule has 0 aromatic heterocycles. The Morgan fingerprint density at radius 1 is 1.64 bits per heavy atom. The summed E-state index contributed by atoms with van der Waals surface area (Å²) in [5.41, 5.74) is 0. The van der Waals surface area contributed by atoms with Crippen LogP contribution in [0, 0.1) is 0 Å².